The van der Waals surface area contributed by atoms with Gasteiger partial charge in [-0.05, 0) is 33.8 Å². The van der Waals surface area contributed by atoms with Crippen molar-refractivity contribution in [2.24, 2.45) is 0 Å². The van der Waals surface area contributed by atoms with Gasteiger partial charge in [-0.25, -0.2) is 0 Å². The van der Waals surface area contributed by atoms with Crippen molar-refractivity contribution >= 4 is 0 Å². The van der Waals surface area contributed by atoms with Crippen LogP contribution in [0.5, 0.6) is 11.5 Å². The lowest BCUT2D eigenvalue weighted by molar-refractivity contribution is 0.0701. The minimum atomic E-state index is 0.0448. The molecule has 0 aliphatic carbocycles. The average Bonchev–Trinajstić information content (AvgIpc) is 2.41. The van der Waals surface area contributed by atoms with Gasteiger partial charge >= 0.3 is 0 Å². The summed E-state index contributed by atoms with van der Waals surface area (Å²) in [6.45, 7) is 9.63. The highest BCUT2D eigenvalue weighted by atomic mass is 16.5. The van der Waals surface area contributed by atoms with E-state index >= 15 is 0 Å². The fourth-order valence-electron chi connectivity index (χ4n) is 1.65. The Kier molecular flexibility index (Phi) is 6.30. The normalized spacial score (nSPS) is 13.1. The number of para-hydroxylation sites is 1. The number of ether oxygens (including phenoxy) is 3. The van der Waals surface area contributed by atoms with E-state index in [1.807, 2.05) is 25.1 Å². The molecular weight excluding hydrogens is 254 g/mol. The molecule has 4 nitrogen and oxygen atoms in total. The van der Waals surface area contributed by atoms with Crippen molar-refractivity contribution in [2.75, 3.05) is 20.8 Å². The predicted octanol–water partition coefficient (Wildman–Crippen LogP) is 3.00. The predicted molar refractivity (Wildman–Crippen MR) is 81.6 cm³/mol. The van der Waals surface area contributed by atoms with Gasteiger partial charge in [0, 0.05) is 24.8 Å². The second-order valence-electron chi connectivity index (χ2n) is 5.91. The number of methoxy groups -OCH3 is 2. The quantitative estimate of drug-likeness (QED) is 0.834. The van der Waals surface area contributed by atoms with E-state index in [0.29, 0.717) is 6.61 Å². The molecule has 0 radical (unpaired) electrons. The molecule has 0 spiro atoms. The Bertz CT molecular complexity index is 413. The molecule has 0 aromatic heterocycles. The third kappa shape index (κ3) is 5.39. The van der Waals surface area contributed by atoms with Gasteiger partial charge in [-0.15, -0.1) is 0 Å². The maximum Gasteiger partial charge on any atom is 0.165 e. The zero-order valence-electron chi connectivity index (χ0n) is 13.4. The lowest BCUT2D eigenvalue weighted by atomic mass is 10.1. The zero-order chi connectivity index (χ0) is 15.2. The fraction of sp³-hybridized carbons (Fsp3) is 0.625. The van der Waals surface area contributed by atoms with Crippen molar-refractivity contribution in [3.05, 3.63) is 23.8 Å². The third-order valence-corrected chi connectivity index (χ3v) is 2.95. The SMILES string of the molecule is COc1cccc(CNC(C)(C)C)c1OCC(C)OC. The Labute approximate surface area is 122 Å². The highest BCUT2D eigenvalue weighted by Crippen LogP contribution is 2.31. The number of hydrogen-bond acceptors (Lipinski definition) is 4. The minimum absolute atomic E-state index is 0.0448. The van der Waals surface area contributed by atoms with Crippen LogP contribution < -0.4 is 14.8 Å². The van der Waals surface area contributed by atoms with Crippen LogP contribution >= 0.6 is 0 Å². The van der Waals surface area contributed by atoms with Gasteiger partial charge in [0.2, 0.25) is 0 Å². The van der Waals surface area contributed by atoms with Crippen molar-refractivity contribution in [3.63, 3.8) is 0 Å². The molecule has 0 amide bonds. The molecule has 0 heterocycles. The average molecular weight is 281 g/mol. The van der Waals surface area contributed by atoms with E-state index in [0.717, 1.165) is 23.6 Å². The van der Waals surface area contributed by atoms with Crippen molar-refractivity contribution in [2.45, 2.75) is 45.9 Å². The van der Waals surface area contributed by atoms with Crippen LogP contribution in [0.15, 0.2) is 18.2 Å². The number of nitrogens with one attached hydrogen (secondary N) is 1. The van der Waals surface area contributed by atoms with Crippen LogP contribution in [0.1, 0.15) is 33.3 Å². The molecule has 1 N–H and O–H groups in total. The van der Waals surface area contributed by atoms with Gasteiger partial charge in [-0.3, -0.25) is 0 Å². The second kappa shape index (κ2) is 7.50. The van der Waals surface area contributed by atoms with E-state index in [-0.39, 0.29) is 11.6 Å². The molecule has 1 aromatic rings. The summed E-state index contributed by atoms with van der Waals surface area (Å²) >= 11 is 0. The van der Waals surface area contributed by atoms with Crippen LogP contribution in [-0.4, -0.2) is 32.5 Å². The summed E-state index contributed by atoms with van der Waals surface area (Å²) in [7, 11) is 3.33. The Morgan fingerprint density at radius 3 is 2.45 bits per heavy atom. The molecule has 0 aliphatic rings. The van der Waals surface area contributed by atoms with Gasteiger partial charge in [0.25, 0.3) is 0 Å². The Balaban J connectivity index is 2.86. The summed E-state index contributed by atoms with van der Waals surface area (Å²) in [4.78, 5) is 0. The van der Waals surface area contributed by atoms with Crippen molar-refractivity contribution < 1.29 is 14.2 Å². The first kappa shape index (κ1) is 16.8. The first-order chi connectivity index (χ1) is 9.37. The van der Waals surface area contributed by atoms with E-state index in [1.165, 1.54) is 0 Å². The minimum Gasteiger partial charge on any atom is -0.493 e. The molecule has 0 fully saturated rings. The highest BCUT2D eigenvalue weighted by Gasteiger charge is 2.15. The maximum atomic E-state index is 5.89. The van der Waals surface area contributed by atoms with Crippen molar-refractivity contribution in [3.8, 4) is 11.5 Å². The molecule has 1 atom stereocenters. The number of rotatable bonds is 7. The molecule has 4 heteroatoms. The molecule has 1 aromatic carbocycles. The van der Waals surface area contributed by atoms with Gasteiger partial charge in [0.1, 0.15) is 6.61 Å². The molecule has 0 saturated heterocycles. The van der Waals surface area contributed by atoms with Crippen LogP contribution in [0.25, 0.3) is 0 Å². The van der Waals surface area contributed by atoms with E-state index < -0.39 is 0 Å². The maximum absolute atomic E-state index is 5.89. The topological polar surface area (TPSA) is 39.7 Å². The van der Waals surface area contributed by atoms with Crippen LogP contribution in [0, 0.1) is 0 Å². The lowest BCUT2D eigenvalue weighted by Crippen LogP contribution is -2.35. The Morgan fingerprint density at radius 1 is 1.20 bits per heavy atom. The first-order valence-electron chi connectivity index (χ1n) is 6.94. The summed E-state index contributed by atoms with van der Waals surface area (Å²) in [5.41, 5.74) is 1.14. The number of hydrogen-bond donors (Lipinski definition) is 1. The summed E-state index contributed by atoms with van der Waals surface area (Å²) in [6, 6.07) is 5.94. The van der Waals surface area contributed by atoms with Gasteiger partial charge in [-0.2, -0.15) is 0 Å². The second-order valence-corrected chi connectivity index (χ2v) is 5.91. The van der Waals surface area contributed by atoms with Crippen LogP contribution in [0.4, 0.5) is 0 Å². The van der Waals surface area contributed by atoms with Crippen molar-refractivity contribution in [1.82, 2.24) is 5.32 Å². The molecule has 0 bridgehead atoms. The monoisotopic (exact) mass is 281 g/mol. The van der Waals surface area contributed by atoms with Gasteiger partial charge in [-0.1, -0.05) is 12.1 Å². The van der Waals surface area contributed by atoms with E-state index in [2.05, 4.69) is 26.1 Å². The smallest absolute Gasteiger partial charge is 0.165 e. The standard InChI is InChI=1S/C16H27NO3/c1-12(18-5)11-20-15-13(10-17-16(2,3)4)8-7-9-14(15)19-6/h7-9,12,17H,10-11H2,1-6H3. The molecule has 1 unspecified atom stereocenters. The molecule has 0 saturated carbocycles. The number of benzene rings is 1. The Morgan fingerprint density at radius 2 is 1.90 bits per heavy atom. The van der Waals surface area contributed by atoms with Crippen LogP contribution in [-0.2, 0) is 11.3 Å². The largest absolute Gasteiger partial charge is 0.493 e. The van der Waals surface area contributed by atoms with E-state index in [4.69, 9.17) is 14.2 Å². The first-order valence-corrected chi connectivity index (χ1v) is 6.94. The summed E-state index contributed by atoms with van der Waals surface area (Å²) in [6.07, 6.45) is 0.0448. The molecule has 1 rings (SSSR count). The van der Waals surface area contributed by atoms with Gasteiger partial charge in [0.05, 0.1) is 13.2 Å². The summed E-state index contributed by atoms with van der Waals surface area (Å²) in [5, 5.41) is 3.46. The van der Waals surface area contributed by atoms with Crippen LogP contribution in [0.2, 0.25) is 0 Å². The highest BCUT2D eigenvalue weighted by molar-refractivity contribution is 5.46. The molecular formula is C16H27NO3. The zero-order valence-corrected chi connectivity index (χ0v) is 13.4. The van der Waals surface area contributed by atoms with Gasteiger partial charge < -0.3 is 19.5 Å². The Hall–Kier alpha value is -1.26. The third-order valence-electron chi connectivity index (χ3n) is 2.95. The lowest BCUT2D eigenvalue weighted by Gasteiger charge is -2.23. The van der Waals surface area contributed by atoms with Crippen molar-refractivity contribution in [1.29, 1.82) is 0 Å². The molecule has 20 heavy (non-hydrogen) atoms. The fourth-order valence-corrected chi connectivity index (χ4v) is 1.65. The van der Waals surface area contributed by atoms with E-state index in [1.54, 1.807) is 14.2 Å². The summed E-state index contributed by atoms with van der Waals surface area (Å²) in [5.74, 6) is 1.54. The van der Waals surface area contributed by atoms with Crippen LogP contribution in [0.3, 0.4) is 0 Å². The summed E-state index contributed by atoms with van der Waals surface area (Å²) < 4.78 is 16.5. The molecule has 114 valence electrons. The van der Waals surface area contributed by atoms with Gasteiger partial charge in [0.15, 0.2) is 11.5 Å². The van der Waals surface area contributed by atoms with E-state index in [9.17, 15) is 0 Å². The molecule has 0 aliphatic heterocycles.